The molecule has 2 atom stereocenters. The number of alkyl halides is 5. The van der Waals surface area contributed by atoms with Crippen LogP contribution in [0, 0.1) is 6.92 Å². The first-order valence-corrected chi connectivity index (χ1v) is 13.4. The highest BCUT2D eigenvalue weighted by Crippen LogP contribution is 2.36. The number of nitrogens with zero attached hydrogens (tertiary/aromatic N) is 4. The third-order valence-electron chi connectivity index (χ3n) is 5.86. The fourth-order valence-electron chi connectivity index (χ4n) is 3.85. The summed E-state index contributed by atoms with van der Waals surface area (Å²) in [5.74, 6) is -5.26. The van der Waals surface area contributed by atoms with Crippen molar-refractivity contribution in [2.45, 2.75) is 56.2 Å². The third-order valence-corrected chi connectivity index (χ3v) is 7.52. The Hall–Kier alpha value is -3.20. The van der Waals surface area contributed by atoms with Gasteiger partial charge in [0.15, 0.2) is 11.5 Å². The number of aliphatic hydroxyl groups is 1. The Morgan fingerprint density at radius 3 is 2.53 bits per heavy atom. The molecule has 3 rings (SSSR count). The summed E-state index contributed by atoms with van der Waals surface area (Å²) in [5.41, 5.74) is -2.41. The van der Waals surface area contributed by atoms with E-state index in [4.69, 9.17) is 0 Å². The van der Waals surface area contributed by atoms with Crippen molar-refractivity contribution < 1.29 is 40.9 Å². The maximum absolute atomic E-state index is 13.9. The highest BCUT2D eigenvalue weighted by Gasteiger charge is 2.39. The molecule has 38 heavy (non-hydrogen) atoms. The first-order chi connectivity index (χ1) is 17.5. The predicted molar refractivity (Wildman–Crippen MR) is 129 cm³/mol. The average Bonchev–Trinajstić information content (AvgIpc) is 2.98. The normalized spacial score (nSPS) is 18.2. The molecule has 1 fully saturated rings. The number of nitrogens with one attached hydrogen (secondary N) is 1. The van der Waals surface area contributed by atoms with Crippen LogP contribution in [0.4, 0.5) is 33.5 Å². The van der Waals surface area contributed by atoms with E-state index in [2.05, 4.69) is 19.9 Å². The number of carbonyl (C=O) groups is 2. The quantitative estimate of drug-likeness (QED) is 0.526. The molecule has 0 unspecified atom stereocenters. The van der Waals surface area contributed by atoms with Gasteiger partial charge in [-0.25, -0.2) is 13.0 Å². The van der Waals surface area contributed by atoms with Gasteiger partial charge in [0.05, 0.1) is 15.3 Å². The molecule has 15 heteroatoms. The van der Waals surface area contributed by atoms with Gasteiger partial charge in [0.25, 0.3) is 11.8 Å². The Bertz CT molecular complexity index is 1360. The van der Waals surface area contributed by atoms with E-state index in [9.17, 15) is 40.9 Å². The molecule has 0 aliphatic carbocycles. The first-order valence-electron chi connectivity index (χ1n) is 11.4. The van der Waals surface area contributed by atoms with Gasteiger partial charge < -0.3 is 15.3 Å². The summed E-state index contributed by atoms with van der Waals surface area (Å²) in [6.45, 7) is 1.97. The Labute approximate surface area is 215 Å². The molecule has 2 aromatic rings. The maximum atomic E-state index is 13.9. The second-order valence-electron chi connectivity index (χ2n) is 8.96. The number of hydrogen-bond donors (Lipinski definition) is 2. The van der Waals surface area contributed by atoms with E-state index in [1.54, 1.807) is 0 Å². The van der Waals surface area contributed by atoms with Crippen molar-refractivity contribution in [3.63, 3.8) is 0 Å². The van der Waals surface area contributed by atoms with E-state index in [0.29, 0.717) is 0 Å². The molecule has 1 aromatic carbocycles. The third kappa shape index (κ3) is 6.81. The molecule has 2 amide bonds. The van der Waals surface area contributed by atoms with Gasteiger partial charge in [0, 0.05) is 42.8 Å². The SMILES string of the molecule is Cc1c(C(F)(F)F)nnc(N2CCCC(F)(F)CC2)c1C(=O)Nc1cccc([S@@](C)(=O)=NC(=O)[C@H](C)O)c1. The summed E-state index contributed by atoms with van der Waals surface area (Å²) in [6.07, 6.45) is -6.23. The molecule has 9 nitrogen and oxygen atoms in total. The van der Waals surface area contributed by atoms with Crippen molar-refractivity contribution in [3.05, 3.63) is 41.1 Å². The molecule has 0 radical (unpaired) electrons. The molecule has 1 aromatic heterocycles. The van der Waals surface area contributed by atoms with Crippen LogP contribution in [0.3, 0.4) is 0 Å². The number of hydrogen-bond acceptors (Lipinski definition) is 7. The standard InChI is InChI=1S/C23H26F5N5O4S/c1-13-17(19(31-30-18(13)23(26,27)28)33-10-5-8-22(24,25)9-11-33)21(36)29-15-6-4-7-16(12-15)38(3,37)32-20(35)14(2)34/h4,6-7,12,14,34H,5,8-11H2,1-3H3,(H,29,36)/t14-,38+/m0/s1. The van der Waals surface area contributed by atoms with Crippen LogP contribution in [0.15, 0.2) is 33.5 Å². The van der Waals surface area contributed by atoms with Crippen LogP contribution in [0.25, 0.3) is 0 Å². The van der Waals surface area contributed by atoms with Crippen molar-refractivity contribution in [1.29, 1.82) is 0 Å². The zero-order chi connectivity index (χ0) is 28.5. The summed E-state index contributed by atoms with van der Waals surface area (Å²) in [5, 5.41) is 18.6. The molecule has 0 saturated carbocycles. The molecule has 1 aliphatic heterocycles. The number of halogens is 5. The molecule has 208 valence electrons. The number of benzene rings is 1. The maximum Gasteiger partial charge on any atom is 0.435 e. The number of aliphatic hydroxyl groups excluding tert-OH is 1. The van der Waals surface area contributed by atoms with Gasteiger partial charge in [-0.1, -0.05) is 6.07 Å². The summed E-state index contributed by atoms with van der Waals surface area (Å²) in [6, 6.07) is 5.34. The zero-order valence-electron chi connectivity index (χ0n) is 20.7. The van der Waals surface area contributed by atoms with E-state index >= 15 is 0 Å². The van der Waals surface area contributed by atoms with Gasteiger partial charge in [-0.15, -0.1) is 10.2 Å². The first kappa shape index (κ1) is 29.4. The summed E-state index contributed by atoms with van der Waals surface area (Å²) in [4.78, 5) is 26.4. The van der Waals surface area contributed by atoms with Crippen molar-refractivity contribution in [3.8, 4) is 0 Å². The molecule has 1 saturated heterocycles. The minimum absolute atomic E-state index is 0.0137. The zero-order valence-corrected chi connectivity index (χ0v) is 21.5. The van der Waals surface area contributed by atoms with Crippen molar-refractivity contribution in [1.82, 2.24) is 10.2 Å². The van der Waals surface area contributed by atoms with Gasteiger partial charge in [-0.2, -0.15) is 17.5 Å². The Balaban J connectivity index is 2.03. The molecule has 2 N–H and O–H groups in total. The summed E-state index contributed by atoms with van der Waals surface area (Å²) >= 11 is 0. The van der Waals surface area contributed by atoms with Crippen LogP contribution >= 0.6 is 0 Å². The number of amides is 2. The number of carbonyl (C=O) groups excluding carboxylic acids is 2. The van der Waals surface area contributed by atoms with Crippen LogP contribution in [-0.4, -0.2) is 62.7 Å². The van der Waals surface area contributed by atoms with Crippen molar-refractivity contribution in [2.75, 3.05) is 29.6 Å². The van der Waals surface area contributed by atoms with Crippen LogP contribution in [0.1, 0.15) is 47.8 Å². The van der Waals surface area contributed by atoms with Crippen molar-refractivity contribution >= 4 is 33.0 Å². The van der Waals surface area contributed by atoms with Gasteiger partial charge in [0.1, 0.15) is 6.10 Å². The fraction of sp³-hybridized carbons (Fsp3) is 0.478. The molecular weight excluding hydrogens is 537 g/mol. The van der Waals surface area contributed by atoms with E-state index < -0.39 is 69.4 Å². The fourth-order valence-corrected chi connectivity index (χ4v) is 5.13. The smallest absolute Gasteiger partial charge is 0.383 e. The van der Waals surface area contributed by atoms with E-state index in [1.165, 1.54) is 29.2 Å². The lowest BCUT2D eigenvalue weighted by Gasteiger charge is -2.25. The highest BCUT2D eigenvalue weighted by molar-refractivity contribution is 7.93. The second kappa shape index (κ2) is 10.9. The number of aromatic nitrogens is 2. The molecule has 1 aliphatic rings. The lowest BCUT2D eigenvalue weighted by atomic mass is 10.1. The predicted octanol–water partition coefficient (Wildman–Crippen LogP) is 4.05. The van der Waals surface area contributed by atoms with E-state index in [-0.39, 0.29) is 35.9 Å². The lowest BCUT2D eigenvalue weighted by molar-refractivity contribution is -0.142. The van der Waals surface area contributed by atoms with Gasteiger partial charge in [-0.05, 0) is 44.0 Å². The lowest BCUT2D eigenvalue weighted by Crippen LogP contribution is -2.31. The van der Waals surface area contributed by atoms with E-state index in [1.807, 2.05) is 0 Å². The Kier molecular flexibility index (Phi) is 8.41. The second-order valence-corrected chi connectivity index (χ2v) is 11.2. The molecule has 0 bridgehead atoms. The number of anilines is 2. The summed E-state index contributed by atoms with van der Waals surface area (Å²) in [7, 11) is -3.34. The summed E-state index contributed by atoms with van der Waals surface area (Å²) < 4.78 is 85.0. The minimum atomic E-state index is -4.93. The monoisotopic (exact) mass is 563 g/mol. The van der Waals surface area contributed by atoms with Crippen LogP contribution in [0.2, 0.25) is 0 Å². The largest absolute Gasteiger partial charge is 0.435 e. The minimum Gasteiger partial charge on any atom is -0.383 e. The molecular formula is C23H26F5N5O4S. The Morgan fingerprint density at radius 1 is 1.21 bits per heavy atom. The number of rotatable bonds is 5. The van der Waals surface area contributed by atoms with Crippen LogP contribution in [0.5, 0.6) is 0 Å². The van der Waals surface area contributed by atoms with Gasteiger partial charge in [0.2, 0.25) is 5.92 Å². The van der Waals surface area contributed by atoms with Crippen LogP contribution < -0.4 is 10.2 Å². The highest BCUT2D eigenvalue weighted by atomic mass is 32.2. The van der Waals surface area contributed by atoms with Gasteiger partial charge >= 0.3 is 6.18 Å². The van der Waals surface area contributed by atoms with Crippen molar-refractivity contribution in [2.24, 2.45) is 4.36 Å². The topological polar surface area (TPSA) is 125 Å². The average molecular weight is 564 g/mol. The van der Waals surface area contributed by atoms with E-state index in [0.717, 1.165) is 20.1 Å². The molecule has 2 heterocycles. The Morgan fingerprint density at radius 2 is 1.89 bits per heavy atom. The van der Waals surface area contributed by atoms with Crippen LogP contribution in [-0.2, 0) is 20.7 Å². The van der Waals surface area contributed by atoms with Gasteiger partial charge in [-0.3, -0.25) is 9.59 Å². The molecule has 0 spiro atoms.